The number of nitrogens with zero attached hydrogens (tertiary/aromatic N) is 2. The topological polar surface area (TPSA) is 49.9 Å². The zero-order valence-corrected chi connectivity index (χ0v) is 19.2. The Kier molecular flexibility index (Phi) is 8.26. The Hall–Kier alpha value is -2.89. The molecule has 2 amide bonds. The fourth-order valence-electron chi connectivity index (χ4n) is 4.11. The van der Waals surface area contributed by atoms with E-state index in [9.17, 15) is 14.0 Å². The van der Waals surface area contributed by atoms with Gasteiger partial charge in [-0.25, -0.2) is 4.39 Å². The van der Waals surface area contributed by atoms with Crippen LogP contribution < -0.4 is 4.74 Å². The van der Waals surface area contributed by atoms with Crippen LogP contribution in [-0.4, -0.2) is 54.4 Å². The fourth-order valence-corrected chi connectivity index (χ4v) is 4.11. The molecule has 0 saturated heterocycles. The predicted octanol–water partition coefficient (Wildman–Crippen LogP) is 5.02. The number of para-hydroxylation sites is 1. The molecule has 2 aromatic rings. The number of carbonyl (C=O) groups is 2. The smallest absolute Gasteiger partial charge is 0.257 e. The van der Waals surface area contributed by atoms with Crippen molar-refractivity contribution in [2.24, 2.45) is 5.92 Å². The Morgan fingerprint density at radius 3 is 2.47 bits per heavy atom. The van der Waals surface area contributed by atoms with E-state index in [1.807, 2.05) is 24.1 Å². The Morgan fingerprint density at radius 1 is 1.06 bits per heavy atom. The standard InChI is InChI=1S/C26H33FN2O3/c1-19(2)17-22-18-32-24-10-6-5-9-23(24)26(31)28(3)15-7-4-8-16-29(22)25(30)20-11-13-21(27)14-12-20/h5-6,9-14,19,22H,4,7-8,15-18H2,1-3H3/t22-/m0/s1. The summed E-state index contributed by atoms with van der Waals surface area (Å²) in [6.45, 7) is 5.77. The van der Waals surface area contributed by atoms with Crippen molar-refractivity contribution < 1.29 is 18.7 Å². The van der Waals surface area contributed by atoms with E-state index in [1.165, 1.54) is 24.3 Å². The fraction of sp³-hybridized carbons (Fsp3) is 0.462. The number of rotatable bonds is 3. The number of ether oxygens (including phenoxy) is 1. The summed E-state index contributed by atoms with van der Waals surface area (Å²) in [4.78, 5) is 30.0. The molecule has 0 aromatic heterocycles. The Labute approximate surface area is 190 Å². The van der Waals surface area contributed by atoms with E-state index in [0.29, 0.717) is 42.5 Å². The van der Waals surface area contributed by atoms with Crippen LogP contribution in [0.3, 0.4) is 0 Å². The minimum atomic E-state index is -0.362. The molecule has 1 atom stereocenters. The van der Waals surface area contributed by atoms with Crippen LogP contribution in [0, 0.1) is 11.7 Å². The second-order valence-electron chi connectivity index (χ2n) is 8.88. The average molecular weight is 441 g/mol. The molecule has 3 rings (SSSR count). The summed E-state index contributed by atoms with van der Waals surface area (Å²) in [5, 5.41) is 0. The highest BCUT2D eigenvalue weighted by molar-refractivity contribution is 5.97. The van der Waals surface area contributed by atoms with Crippen LogP contribution >= 0.6 is 0 Å². The van der Waals surface area contributed by atoms with Crippen molar-refractivity contribution in [1.29, 1.82) is 0 Å². The molecule has 1 aliphatic heterocycles. The van der Waals surface area contributed by atoms with E-state index in [2.05, 4.69) is 13.8 Å². The third-order valence-electron chi connectivity index (χ3n) is 5.82. The van der Waals surface area contributed by atoms with Crippen LogP contribution in [0.5, 0.6) is 5.75 Å². The zero-order valence-electron chi connectivity index (χ0n) is 19.2. The van der Waals surface area contributed by atoms with Crippen molar-refractivity contribution in [3.8, 4) is 5.75 Å². The normalized spacial score (nSPS) is 18.3. The van der Waals surface area contributed by atoms with Gasteiger partial charge in [0.1, 0.15) is 18.2 Å². The molecule has 1 aliphatic rings. The lowest BCUT2D eigenvalue weighted by molar-refractivity contribution is 0.0573. The highest BCUT2D eigenvalue weighted by Gasteiger charge is 2.27. The highest BCUT2D eigenvalue weighted by Crippen LogP contribution is 2.24. The van der Waals surface area contributed by atoms with Gasteiger partial charge in [-0.2, -0.15) is 0 Å². The average Bonchev–Trinajstić information content (AvgIpc) is 2.79. The Bertz CT molecular complexity index is 914. The Balaban J connectivity index is 1.92. The number of amides is 2. The van der Waals surface area contributed by atoms with Gasteiger partial charge in [0.15, 0.2) is 0 Å². The van der Waals surface area contributed by atoms with Gasteiger partial charge in [0.25, 0.3) is 11.8 Å². The van der Waals surface area contributed by atoms with Crippen molar-refractivity contribution in [3.63, 3.8) is 0 Å². The van der Waals surface area contributed by atoms with E-state index in [-0.39, 0.29) is 23.7 Å². The third kappa shape index (κ3) is 6.09. The molecule has 0 bridgehead atoms. The van der Waals surface area contributed by atoms with Crippen molar-refractivity contribution >= 4 is 11.8 Å². The van der Waals surface area contributed by atoms with E-state index < -0.39 is 0 Å². The van der Waals surface area contributed by atoms with Gasteiger partial charge in [0.2, 0.25) is 0 Å². The maximum Gasteiger partial charge on any atom is 0.257 e. The molecular formula is C26H33FN2O3. The van der Waals surface area contributed by atoms with Crippen LogP contribution in [0.25, 0.3) is 0 Å². The number of carbonyl (C=O) groups excluding carboxylic acids is 2. The maximum atomic E-state index is 13.4. The first kappa shape index (κ1) is 23.8. The zero-order chi connectivity index (χ0) is 23.1. The quantitative estimate of drug-likeness (QED) is 0.674. The molecule has 0 radical (unpaired) electrons. The van der Waals surface area contributed by atoms with E-state index in [4.69, 9.17) is 4.74 Å². The van der Waals surface area contributed by atoms with Crippen LogP contribution in [0.4, 0.5) is 4.39 Å². The van der Waals surface area contributed by atoms with Gasteiger partial charge in [0.05, 0.1) is 11.6 Å². The van der Waals surface area contributed by atoms with Crippen LogP contribution in [0.1, 0.15) is 60.2 Å². The summed E-state index contributed by atoms with van der Waals surface area (Å²) in [6, 6.07) is 12.8. The molecule has 0 N–H and O–H groups in total. The summed E-state index contributed by atoms with van der Waals surface area (Å²) in [5.74, 6) is 0.353. The van der Waals surface area contributed by atoms with Crippen molar-refractivity contribution in [2.75, 3.05) is 26.7 Å². The summed E-state index contributed by atoms with van der Waals surface area (Å²) < 4.78 is 19.6. The molecule has 0 aliphatic carbocycles. The van der Waals surface area contributed by atoms with Gasteiger partial charge in [0, 0.05) is 25.7 Å². The first-order chi connectivity index (χ1) is 15.4. The molecule has 0 unspecified atom stereocenters. The lowest BCUT2D eigenvalue weighted by Crippen LogP contribution is -2.45. The molecule has 1 heterocycles. The van der Waals surface area contributed by atoms with Gasteiger partial charge < -0.3 is 14.5 Å². The summed E-state index contributed by atoms with van der Waals surface area (Å²) in [5.41, 5.74) is 1.01. The number of benzene rings is 2. The third-order valence-corrected chi connectivity index (χ3v) is 5.82. The SMILES string of the molecule is CC(C)C[C@H]1COc2ccccc2C(=O)N(C)CCCCCN1C(=O)c1ccc(F)cc1. The largest absolute Gasteiger partial charge is 0.491 e. The molecule has 5 nitrogen and oxygen atoms in total. The minimum absolute atomic E-state index is 0.0560. The van der Waals surface area contributed by atoms with Crippen molar-refractivity contribution in [2.45, 2.75) is 45.6 Å². The van der Waals surface area contributed by atoms with Crippen LogP contribution in [-0.2, 0) is 0 Å². The van der Waals surface area contributed by atoms with Gasteiger partial charge >= 0.3 is 0 Å². The number of fused-ring (bicyclic) bond motifs is 1. The molecule has 172 valence electrons. The molecule has 0 spiro atoms. The van der Waals surface area contributed by atoms with E-state index in [0.717, 1.165) is 25.7 Å². The number of hydrogen-bond acceptors (Lipinski definition) is 3. The second-order valence-corrected chi connectivity index (χ2v) is 8.88. The van der Waals surface area contributed by atoms with E-state index >= 15 is 0 Å². The van der Waals surface area contributed by atoms with Crippen LogP contribution in [0.2, 0.25) is 0 Å². The molecule has 2 aromatic carbocycles. The first-order valence-electron chi connectivity index (χ1n) is 11.4. The van der Waals surface area contributed by atoms with Gasteiger partial charge in [-0.15, -0.1) is 0 Å². The van der Waals surface area contributed by atoms with Gasteiger partial charge in [-0.1, -0.05) is 26.0 Å². The minimum Gasteiger partial charge on any atom is -0.491 e. The first-order valence-corrected chi connectivity index (χ1v) is 11.4. The molecule has 6 heteroatoms. The molecule has 0 saturated carbocycles. The molecular weight excluding hydrogens is 407 g/mol. The molecule has 32 heavy (non-hydrogen) atoms. The monoisotopic (exact) mass is 440 g/mol. The van der Waals surface area contributed by atoms with Crippen molar-refractivity contribution in [3.05, 3.63) is 65.5 Å². The van der Waals surface area contributed by atoms with Crippen LogP contribution in [0.15, 0.2) is 48.5 Å². The number of halogens is 1. The maximum absolute atomic E-state index is 13.4. The second kappa shape index (κ2) is 11.1. The van der Waals surface area contributed by atoms with Crippen molar-refractivity contribution in [1.82, 2.24) is 9.80 Å². The number of hydrogen-bond donors (Lipinski definition) is 0. The van der Waals surface area contributed by atoms with E-state index in [1.54, 1.807) is 17.0 Å². The molecule has 0 fully saturated rings. The lowest BCUT2D eigenvalue weighted by Gasteiger charge is -2.33. The van der Waals surface area contributed by atoms with Gasteiger partial charge in [-0.3, -0.25) is 9.59 Å². The summed E-state index contributed by atoms with van der Waals surface area (Å²) >= 11 is 0. The summed E-state index contributed by atoms with van der Waals surface area (Å²) in [6.07, 6.45) is 3.36. The predicted molar refractivity (Wildman–Crippen MR) is 123 cm³/mol. The lowest BCUT2D eigenvalue weighted by atomic mass is 10.0. The highest BCUT2D eigenvalue weighted by atomic mass is 19.1. The van der Waals surface area contributed by atoms with Gasteiger partial charge in [-0.05, 0) is 68.0 Å². The summed E-state index contributed by atoms with van der Waals surface area (Å²) in [7, 11) is 1.81. The Morgan fingerprint density at radius 2 is 1.75 bits per heavy atom.